The Balaban J connectivity index is 1.46. The molecule has 0 spiro atoms. The van der Waals surface area contributed by atoms with E-state index in [9.17, 15) is 4.79 Å². The van der Waals surface area contributed by atoms with Crippen molar-refractivity contribution in [1.29, 1.82) is 0 Å². The van der Waals surface area contributed by atoms with E-state index >= 15 is 0 Å². The van der Waals surface area contributed by atoms with Crippen LogP contribution in [0.25, 0.3) is 33.8 Å². The number of aromatic amines is 1. The average Bonchev–Trinajstić information content (AvgIpc) is 3.57. The number of hydrogen-bond acceptors (Lipinski definition) is 6. The van der Waals surface area contributed by atoms with Crippen LogP contribution in [0, 0.1) is 12.8 Å². The molecule has 0 aliphatic carbocycles. The molecule has 1 unspecified atom stereocenters. The van der Waals surface area contributed by atoms with E-state index in [4.69, 9.17) is 10.7 Å². The van der Waals surface area contributed by atoms with Gasteiger partial charge in [0.05, 0.1) is 17.4 Å². The van der Waals surface area contributed by atoms with Gasteiger partial charge in [0.25, 0.3) is 0 Å². The van der Waals surface area contributed by atoms with E-state index in [1.165, 1.54) is 12.8 Å². The molecule has 0 radical (unpaired) electrons. The fourth-order valence-electron chi connectivity index (χ4n) is 4.86. The number of nitrogens with one attached hydrogen (secondary N) is 2. The van der Waals surface area contributed by atoms with Crippen molar-refractivity contribution in [2.75, 3.05) is 13.1 Å². The van der Waals surface area contributed by atoms with Crippen LogP contribution in [-0.4, -0.2) is 53.7 Å². The number of benzene rings is 1. The summed E-state index contributed by atoms with van der Waals surface area (Å²) < 4.78 is 3.85. The van der Waals surface area contributed by atoms with Crippen molar-refractivity contribution in [2.45, 2.75) is 52.6 Å². The van der Waals surface area contributed by atoms with Crippen molar-refractivity contribution >= 4 is 16.8 Å². The molecule has 1 atom stereocenters. The molecule has 1 aromatic carbocycles. The summed E-state index contributed by atoms with van der Waals surface area (Å²) in [6.07, 6.45) is 6.55. The summed E-state index contributed by atoms with van der Waals surface area (Å²) in [4.78, 5) is 16.9. The molecule has 4 heterocycles. The van der Waals surface area contributed by atoms with Gasteiger partial charge in [0, 0.05) is 29.6 Å². The Morgan fingerprint density at radius 1 is 1.26 bits per heavy atom. The van der Waals surface area contributed by atoms with Crippen LogP contribution in [0.2, 0.25) is 0 Å². The zero-order valence-corrected chi connectivity index (χ0v) is 19.7. The SMILES string of the molecule is CCn1nc(C)cc1-c1nc(-c2cc(C(N)=O)cc3c2cnn3CCCC2CCCNC2)n[nH]1. The molecule has 1 aliphatic rings. The fraction of sp³-hybridized carbons (Fsp3) is 0.458. The summed E-state index contributed by atoms with van der Waals surface area (Å²) >= 11 is 0. The highest BCUT2D eigenvalue weighted by Crippen LogP contribution is 2.30. The second-order valence-corrected chi connectivity index (χ2v) is 9.04. The first-order valence-electron chi connectivity index (χ1n) is 12.0. The highest BCUT2D eigenvalue weighted by atomic mass is 16.1. The Morgan fingerprint density at radius 2 is 2.15 bits per heavy atom. The normalized spacial score (nSPS) is 16.4. The van der Waals surface area contributed by atoms with Crippen LogP contribution in [0.5, 0.6) is 0 Å². The number of nitrogens with two attached hydrogens (primary N) is 1. The summed E-state index contributed by atoms with van der Waals surface area (Å²) in [6, 6.07) is 5.54. The van der Waals surface area contributed by atoms with Gasteiger partial charge in [-0.25, -0.2) is 4.98 Å². The zero-order chi connectivity index (χ0) is 23.7. The Labute approximate surface area is 197 Å². The lowest BCUT2D eigenvalue weighted by molar-refractivity contribution is 0.100. The predicted octanol–water partition coefficient (Wildman–Crippen LogP) is 2.89. The number of hydrogen-bond donors (Lipinski definition) is 3. The minimum Gasteiger partial charge on any atom is -0.366 e. The number of rotatable bonds is 8. The third-order valence-electron chi connectivity index (χ3n) is 6.60. The number of nitrogens with zero attached hydrogens (tertiary/aromatic N) is 6. The van der Waals surface area contributed by atoms with Crippen molar-refractivity contribution in [2.24, 2.45) is 11.7 Å². The van der Waals surface area contributed by atoms with Gasteiger partial charge in [0.2, 0.25) is 5.91 Å². The quantitative estimate of drug-likeness (QED) is 0.370. The van der Waals surface area contributed by atoms with E-state index in [0.29, 0.717) is 17.2 Å². The van der Waals surface area contributed by atoms with Crippen molar-refractivity contribution < 1.29 is 4.79 Å². The van der Waals surface area contributed by atoms with Gasteiger partial charge in [0.15, 0.2) is 11.6 Å². The molecule has 3 aromatic heterocycles. The molecule has 1 fully saturated rings. The van der Waals surface area contributed by atoms with Crippen molar-refractivity contribution in [3.8, 4) is 22.9 Å². The topological polar surface area (TPSA) is 132 Å². The minimum absolute atomic E-state index is 0.418. The molecular formula is C24H31N9O. The molecule has 0 bridgehead atoms. The first-order valence-corrected chi connectivity index (χ1v) is 12.0. The second-order valence-electron chi connectivity index (χ2n) is 9.04. The molecule has 10 heteroatoms. The molecule has 4 aromatic rings. The number of carbonyl (C=O) groups excluding carboxylic acids is 1. The number of piperidine rings is 1. The number of amides is 1. The Bertz CT molecular complexity index is 1310. The van der Waals surface area contributed by atoms with E-state index in [1.54, 1.807) is 6.07 Å². The zero-order valence-electron chi connectivity index (χ0n) is 19.7. The van der Waals surface area contributed by atoms with E-state index in [2.05, 4.69) is 25.7 Å². The lowest BCUT2D eigenvalue weighted by Gasteiger charge is -2.22. The molecular weight excluding hydrogens is 430 g/mol. The number of aromatic nitrogens is 7. The fourth-order valence-corrected chi connectivity index (χ4v) is 4.86. The summed E-state index contributed by atoms with van der Waals surface area (Å²) in [5, 5.41) is 21.0. The molecule has 5 rings (SSSR count). The standard InChI is InChI=1S/C24H31N9O/c1-3-32-21(10-15(2)31-32)24-28-23(29-30-24)18-11-17(22(25)34)12-20-19(18)14-27-33(20)9-5-7-16-6-4-8-26-13-16/h10-12,14,16,26H,3-9,13H2,1-2H3,(H2,25,34)(H,28,29,30). The van der Waals surface area contributed by atoms with Crippen LogP contribution < -0.4 is 11.1 Å². The van der Waals surface area contributed by atoms with Gasteiger partial charge in [-0.05, 0) is 76.7 Å². The molecule has 0 saturated carbocycles. The number of aryl methyl sites for hydroxylation is 3. The lowest BCUT2D eigenvalue weighted by atomic mass is 9.95. The molecule has 34 heavy (non-hydrogen) atoms. The smallest absolute Gasteiger partial charge is 0.248 e. The van der Waals surface area contributed by atoms with Gasteiger partial charge >= 0.3 is 0 Å². The van der Waals surface area contributed by atoms with Gasteiger partial charge in [-0.15, -0.1) is 0 Å². The van der Waals surface area contributed by atoms with E-state index in [1.807, 2.05) is 41.5 Å². The van der Waals surface area contributed by atoms with Crippen LogP contribution in [0.4, 0.5) is 0 Å². The number of carbonyl (C=O) groups is 1. The first kappa shape index (κ1) is 22.3. The summed E-state index contributed by atoms with van der Waals surface area (Å²) in [7, 11) is 0. The van der Waals surface area contributed by atoms with Gasteiger partial charge in [-0.3, -0.25) is 19.3 Å². The summed E-state index contributed by atoms with van der Waals surface area (Å²) in [6.45, 7) is 7.72. The van der Waals surface area contributed by atoms with E-state index in [0.717, 1.165) is 72.8 Å². The Hall–Kier alpha value is -3.53. The number of primary amides is 1. The summed E-state index contributed by atoms with van der Waals surface area (Å²) in [5.74, 6) is 1.36. The van der Waals surface area contributed by atoms with E-state index < -0.39 is 5.91 Å². The number of fused-ring (bicyclic) bond motifs is 1. The largest absolute Gasteiger partial charge is 0.366 e. The van der Waals surface area contributed by atoms with Crippen LogP contribution >= 0.6 is 0 Å². The molecule has 178 valence electrons. The van der Waals surface area contributed by atoms with Crippen molar-refractivity contribution in [3.05, 3.63) is 35.7 Å². The van der Waals surface area contributed by atoms with Gasteiger partial charge in [-0.2, -0.15) is 15.3 Å². The summed E-state index contributed by atoms with van der Waals surface area (Å²) in [5.41, 5.74) is 9.47. The minimum atomic E-state index is -0.486. The second kappa shape index (κ2) is 9.38. The van der Waals surface area contributed by atoms with Crippen LogP contribution in [-0.2, 0) is 13.1 Å². The third kappa shape index (κ3) is 4.33. The molecule has 1 aliphatic heterocycles. The van der Waals surface area contributed by atoms with Gasteiger partial charge < -0.3 is 11.1 Å². The maximum absolute atomic E-state index is 12.1. The maximum atomic E-state index is 12.1. The third-order valence-corrected chi connectivity index (χ3v) is 6.60. The molecule has 1 saturated heterocycles. The Morgan fingerprint density at radius 3 is 2.91 bits per heavy atom. The number of H-pyrrole nitrogens is 1. The Kier molecular flexibility index (Phi) is 6.14. The van der Waals surface area contributed by atoms with Crippen LogP contribution in [0.15, 0.2) is 24.4 Å². The highest BCUT2D eigenvalue weighted by molar-refractivity contribution is 6.02. The van der Waals surface area contributed by atoms with Crippen LogP contribution in [0.3, 0.4) is 0 Å². The van der Waals surface area contributed by atoms with E-state index in [-0.39, 0.29) is 0 Å². The predicted molar refractivity (Wildman–Crippen MR) is 130 cm³/mol. The maximum Gasteiger partial charge on any atom is 0.248 e. The highest BCUT2D eigenvalue weighted by Gasteiger charge is 2.19. The van der Waals surface area contributed by atoms with Crippen molar-refractivity contribution in [1.82, 2.24) is 40.1 Å². The average molecular weight is 462 g/mol. The molecule has 1 amide bonds. The lowest BCUT2D eigenvalue weighted by Crippen LogP contribution is -2.29. The molecule has 10 nitrogen and oxygen atoms in total. The van der Waals surface area contributed by atoms with Gasteiger partial charge in [0.1, 0.15) is 5.69 Å². The first-order chi connectivity index (χ1) is 16.5. The van der Waals surface area contributed by atoms with Gasteiger partial charge in [-0.1, -0.05) is 0 Å². The van der Waals surface area contributed by atoms with Crippen molar-refractivity contribution in [3.63, 3.8) is 0 Å². The molecule has 4 N–H and O–H groups in total. The monoisotopic (exact) mass is 461 g/mol. The van der Waals surface area contributed by atoms with Crippen LogP contribution in [0.1, 0.15) is 48.7 Å².